The Kier molecular flexibility index (Phi) is 2.64. The third kappa shape index (κ3) is 1.66. The molecule has 1 fully saturated rings. The van der Waals surface area contributed by atoms with Crippen LogP contribution in [0, 0.1) is 12.8 Å². The van der Waals surface area contributed by atoms with Gasteiger partial charge in [-0.15, -0.1) is 0 Å². The fraction of sp³-hybridized carbons (Fsp3) is 0.333. The topological polar surface area (TPSA) is 63.6 Å². The van der Waals surface area contributed by atoms with Crippen molar-refractivity contribution in [2.24, 2.45) is 5.92 Å². The van der Waals surface area contributed by atoms with Crippen molar-refractivity contribution in [3.63, 3.8) is 0 Å². The van der Waals surface area contributed by atoms with E-state index in [-0.39, 0.29) is 11.5 Å². The molecule has 4 heteroatoms. The summed E-state index contributed by atoms with van der Waals surface area (Å²) >= 11 is 0. The van der Waals surface area contributed by atoms with Crippen molar-refractivity contribution >= 4 is 11.8 Å². The van der Waals surface area contributed by atoms with Crippen molar-refractivity contribution in [2.45, 2.75) is 13.3 Å². The lowest BCUT2D eigenvalue weighted by atomic mass is 9.93. The Labute approximate surface area is 92.8 Å². The normalized spacial score (nSPS) is 19.6. The van der Waals surface area contributed by atoms with Gasteiger partial charge in [-0.05, 0) is 13.0 Å². The zero-order valence-electron chi connectivity index (χ0n) is 8.90. The average Bonchev–Trinajstić information content (AvgIpc) is 2.68. The number of rotatable bonds is 2. The summed E-state index contributed by atoms with van der Waals surface area (Å²) in [6.07, 6.45) is 0.423. The van der Waals surface area contributed by atoms with Crippen LogP contribution >= 0.6 is 0 Å². The van der Waals surface area contributed by atoms with Crippen LogP contribution < -0.4 is 0 Å². The minimum absolute atomic E-state index is 0.0669. The summed E-state index contributed by atoms with van der Waals surface area (Å²) < 4.78 is 4.76. The van der Waals surface area contributed by atoms with Crippen LogP contribution in [-0.4, -0.2) is 23.5 Å². The van der Waals surface area contributed by atoms with Gasteiger partial charge in [0.15, 0.2) is 5.78 Å². The maximum atomic E-state index is 12.0. The molecule has 1 aliphatic heterocycles. The molecule has 1 saturated heterocycles. The Bertz CT molecular complexity index is 450. The van der Waals surface area contributed by atoms with Crippen LogP contribution in [0.15, 0.2) is 18.2 Å². The first-order chi connectivity index (χ1) is 7.61. The van der Waals surface area contributed by atoms with Gasteiger partial charge >= 0.3 is 5.97 Å². The fourth-order valence-electron chi connectivity index (χ4n) is 1.81. The third-order valence-electron chi connectivity index (χ3n) is 2.82. The highest BCUT2D eigenvalue weighted by Crippen LogP contribution is 2.25. The van der Waals surface area contributed by atoms with Gasteiger partial charge in [0.25, 0.3) is 0 Å². The molecule has 1 heterocycles. The molecular weight excluding hydrogens is 208 g/mol. The molecule has 1 aliphatic rings. The molecule has 0 amide bonds. The molecule has 0 bridgehead atoms. The van der Waals surface area contributed by atoms with Gasteiger partial charge in [0, 0.05) is 17.5 Å². The van der Waals surface area contributed by atoms with E-state index in [1.54, 1.807) is 19.1 Å². The molecule has 0 radical (unpaired) electrons. The Morgan fingerprint density at radius 1 is 1.50 bits per heavy atom. The maximum absolute atomic E-state index is 12.0. The number of carbonyl (C=O) groups is 2. The first-order valence-electron chi connectivity index (χ1n) is 5.10. The van der Waals surface area contributed by atoms with Crippen LogP contribution in [0.1, 0.15) is 22.3 Å². The summed E-state index contributed by atoms with van der Waals surface area (Å²) in [5.74, 6) is -1.37. The van der Waals surface area contributed by atoms with Crippen LogP contribution in [0.5, 0.6) is 5.75 Å². The molecule has 1 aromatic carbocycles. The molecule has 16 heavy (non-hydrogen) atoms. The first-order valence-corrected chi connectivity index (χ1v) is 5.10. The molecule has 1 N–H and O–H groups in total. The molecule has 84 valence electrons. The summed E-state index contributed by atoms with van der Waals surface area (Å²) in [6.45, 7) is 1.95. The predicted molar refractivity (Wildman–Crippen MR) is 56.2 cm³/mol. The van der Waals surface area contributed by atoms with Gasteiger partial charge in [-0.3, -0.25) is 9.59 Å². The summed E-state index contributed by atoms with van der Waals surface area (Å²) in [7, 11) is 0. The fourth-order valence-corrected chi connectivity index (χ4v) is 1.81. The Balaban J connectivity index is 2.34. The standard InChI is InChI=1S/C12H12O4/c1-7-8(3-2-4-10(7)13)11(14)9-5-6-16-12(9)15/h2-4,9,13H,5-6H2,1H3. The predicted octanol–water partition coefficient (Wildman–Crippen LogP) is 1.45. The SMILES string of the molecule is Cc1c(O)cccc1C(=O)C1CCOC1=O. The number of ketones is 1. The number of phenols is 1. The maximum Gasteiger partial charge on any atom is 0.316 e. The lowest BCUT2D eigenvalue weighted by Crippen LogP contribution is -2.20. The minimum Gasteiger partial charge on any atom is -0.508 e. The van der Waals surface area contributed by atoms with Crippen molar-refractivity contribution in [3.05, 3.63) is 29.3 Å². The second-order valence-electron chi connectivity index (χ2n) is 3.82. The Morgan fingerprint density at radius 3 is 2.88 bits per heavy atom. The Morgan fingerprint density at radius 2 is 2.25 bits per heavy atom. The van der Waals surface area contributed by atoms with Crippen molar-refractivity contribution in [1.82, 2.24) is 0 Å². The number of Topliss-reactive ketones (excluding diaryl/α,β-unsaturated/α-hetero) is 1. The van der Waals surface area contributed by atoms with E-state index in [0.717, 1.165) is 0 Å². The molecule has 0 aromatic heterocycles. The summed E-state index contributed by atoms with van der Waals surface area (Å²) in [6, 6.07) is 4.72. The largest absolute Gasteiger partial charge is 0.508 e. The molecular formula is C12H12O4. The van der Waals surface area contributed by atoms with Gasteiger partial charge in [0.2, 0.25) is 0 Å². The highest BCUT2D eigenvalue weighted by molar-refractivity contribution is 6.10. The minimum atomic E-state index is -0.708. The number of esters is 1. The molecule has 1 atom stereocenters. The lowest BCUT2D eigenvalue weighted by molar-refractivity contribution is -0.140. The number of hydrogen-bond acceptors (Lipinski definition) is 4. The van der Waals surface area contributed by atoms with Gasteiger partial charge in [-0.2, -0.15) is 0 Å². The quantitative estimate of drug-likeness (QED) is 0.465. The third-order valence-corrected chi connectivity index (χ3v) is 2.82. The van der Waals surface area contributed by atoms with Crippen molar-refractivity contribution in [3.8, 4) is 5.75 Å². The van der Waals surface area contributed by atoms with E-state index in [0.29, 0.717) is 24.2 Å². The smallest absolute Gasteiger partial charge is 0.316 e. The summed E-state index contributed by atoms with van der Waals surface area (Å²) in [5, 5.41) is 9.49. The van der Waals surface area contributed by atoms with Gasteiger partial charge in [-0.25, -0.2) is 0 Å². The van der Waals surface area contributed by atoms with Crippen molar-refractivity contribution < 1.29 is 19.4 Å². The van der Waals surface area contributed by atoms with E-state index in [4.69, 9.17) is 4.74 Å². The molecule has 0 aliphatic carbocycles. The van der Waals surface area contributed by atoms with E-state index in [1.807, 2.05) is 0 Å². The van der Waals surface area contributed by atoms with E-state index in [2.05, 4.69) is 0 Å². The van der Waals surface area contributed by atoms with E-state index >= 15 is 0 Å². The second kappa shape index (κ2) is 3.96. The number of carbonyl (C=O) groups excluding carboxylic acids is 2. The first kappa shape index (κ1) is 10.7. The molecule has 0 saturated carbocycles. The van der Waals surface area contributed by atoms with Gasteiger partial charge in [0.05, 0.1) is 6.61 Å². The number of cyclic esters (lactones) is 1. The van der Waals surface area contributed by atoms with E-state index in [9.17, 15) is 14.7 Å². The second-order valence-corrected chi connectivity index (χ2v) is 3.82. The van der Waals surface area contributed by atoms with Crippen LogP contribution in [0.3, 0.4) is 0 Å². The van der Waals surface area contributed by atoms with Crippen LogP contribution in [0.4, 0.5) is 0 Å². The lowest BCUT2D eigenvalue weighted by Gasteiger charge is -2.08. The highest BCUT2D eigenvalue weighted by Gasteiger charge is 2.34. The number of benzene rings is 1. The molecule has 4 nitrogen and oxygen atoms in total. The summed E-state index contributed by atoms with van der Waals surface area (Å²) in [4.78, 5) is 23.3. The van der Waals surface area contributed by atoms with E-state index in [1.165, 1.54) is 6.07 Å². The van der Waals surface area contributed by atoms with Gasteiger partial charge in [0.1, 0.15) is 11.7 Å². The monoisotopic (exact) mass is 220 g/mol. The zero-order chi connectivity index (χ0) is 11.7. The zero-order valence-corrected chi connectivity index (χ0v) is 8.90. The van der Waals surface area contributed by atoms with Gasteiger partial charge < -0.3 is 9.84 Å². The van der Waals surface area contributed by atoms with Crippen molar-refractivity contribution in [2.75, 3.05) is 6.61 Å². The summed E-state index contributed by atoms with van der Waals surface area (Å²) in [5.41, 5.74) is 0.899. The number of hydrogen-bond donors (Lipinski definition) is 1. The number of ether oxygens (including phenoxy) is 1. The number of aromatic hydroxyl groups is 1. The highest BCUT2D eigenvalue weighted by atomic mass is 16.5. The number of phenolic OH excluding ortho intramolecular Hbond substituents is 1. The van der Waals surface area contributed by atoms with Crippen LogP contribution in [-0.2, 0) is 9.53 Å². The van der Waals surface area contributed by atoms with Gasteiger partial charge in [-0.1, -0.05) is 12.1 Å². The molecule has 1 aromatic rings. The Hall–Kier alpha value is -1.84. The van der Waals surface area contributed by atoms with E-state index < -0.39 is 11.9 Å². The van der Waals surface area contributed by atoms with Crippen LogP contribution in [0.2, 0.25) is 0 Å². The van der Waals surface area contributed by atoms with Crippen LogP contribution in [0.25, 0.3) is 0 Å². The average molecular weight is 220 g/mol. The molecule has 1 unspecified atom stereocenters. The van der Waals surface area contributed by atoms with Crippen molar-refractivity contribution in [1.29, 1.82) is 0 Å². The molecule has 2 rings (SSSR count). The molecule has 0 spiro atoms.